The maximum atomic E-state index is 12.2. The highest BCUT2D eigenvalue weighted by Crippen LogP contribution is 2.16. The number of carboxylic acid groups (broad SMARTS) is 1. The van der Waals surface area contributed by atoms with E-state index in [2.05, 4.69) is 4.98 Å². The summed E-state index contributed by atoms with van der Waals surface area (Å²) in [6.45, 7) is 0. The average Bonchev–Trinajstić information content (AvgIpc) is 2.49. The van der Waals surface area contributed by atoms with Gasteiger partial charge in [-0.15, -0.1) is 0 Å². The van der Waals surface area contributed by atoms with Gasteiger partial charge in [-0.1, -0.05) is 36.4 Å². The van der Waals surface area contributed by atoms with Gasteiger partial charge < -0.3 is 10.1 Å². The summed E-state index contributed by atoms with van der Waals surface area (Å²) in [7, 11) is 0. The molecule has 2 aromatic carbocycles. The van der Waals surface area contributed by atoms with E-state index < -0.39 is 5.97 Å². The number of aromatic amines is 1. The lowest BCUT2D eigenvalue weighted by Gasteiger charge is -2.05. The van der Waals surface area contributed by atoms with Crippen molar-refractivity contribution < 1.29 is 9.90 Å². The van der Waals surface area contributed by atoms with Crippen LogP contribution in [-0.4, -0.2) is 16.1 Å². The number of hydrogen-bond donors (Lipinski definition) is 2. The van der Waals surface area contributed by atoms with Gasteiger partial charge in [-0.3, -0.25) is 9.59 Å². The number of benzene rings is 2. The Morgan fingerprint density at radius 3 is 2.50 bits per heavy atom. The molecule has 0 bridgehead atoms. The van der Waals surface area contributed by atoms with Crippen molar-refractivity contribution >= 4 is 16.9 Å². The minimum absolute atomic E-state index is 0.0247. The third-order valence-corrected chi connectivity index (χ3v) is 3.58. The first-order valence-corrected chi connectivity index (χ1v) is 7.02. The van der Waals surface area contributed by atoms with E-state index >= 15 is 0 Å². The van der Waals surface area contributed by atoms with E-state index in [1.165, 1.54) is 0 Å². The molecule has 110 valence electrons. The Balaban J connectivity index is 2.01. The van der Waals surface area contributed by atoms with Crippen LogP contribution >= 0.6 is 0 Å². The van der Waals surface area contributed by atoms with Gasteiger partial charge in [0.25, 0.3) is 5.56 Å². The Morgan fingerprint density at radius 2 is 1.77 bits per heavy atom. The molecule has 0 saturated carbocycles. The molecule has 0 amide bonds. The van der Waals surface area contributed by atoms with Crippen molar-refractivity contribution in [2.75, 3.05) is 0 Å². The molecular formula is C18H15NO3. The molecule has 3 aromatic rings. The molecule has 0 aliphatic rings. The number of H-pyrrole nitrogens is 1. The molecule has 3 rings (SSSR count). The molecule has 4 heteroatoms. The summed E-state index contributed by atoms with van der Waals surface area (Å²) < 4.78 is 0. The molecule has 0 radical (unpaired) electrons. The second kappa shape index (κ2) is 5.85. The van der Waals surface area contributed by atoms with Gasteiger partial charge in [-0.2, -0.15) is 0 Å². The van der Waals surface area contributed by atoms with Crippen molar-refractivity contribution in [2.45, 2.75) is 12.8 Å². The molecule has 0 atom stereocenters. The standard InChI is InChI=1S/C18H15NO3/c20-17(21)10-13-6-7-16-14(9-13)11-15(18(22)19-16)8-12-4-2-1-3-5-12/h1-7,9,11H,8,10H2,(H,19,22)(H,20,21). The number of aromatic nitrogens is 1. The third kappa shape index (κ3) is 3.06. The van der Waals surface area contributed by atoms with Gasteiger partial charge in [0.2, 0.25) is 0 Å². The van der Waals surface area contributed by atoms with Gasteiger partial charge >= 0.3 is 5.97 Å². The highest BCUT2D eigenvalue weighted by Gasteiger charge is 2.06. The number of aliphatic carboxylic acids is 1. The van der Waals surface area contributed by atoms with Crippen LogP contribution in [0, 0.1) is 0 Å². The zero-order valence-corrected chi connectivity index (χ0v) is 11.9. The Hall–Kier alpha value is -2.88. The minimum Gasteiger partial charge on any atom is -0.481 e. The van der Waals surface area contributed by atoms with Crippen LogP contribution in [0.5, 0.6) is 0 Å². The lowest BCUT2D eigenvalue weighted by molar-refractivity contribution is -0.136. The number of pyridine rings is 1. The molecule has 0 fully saturated rings. The van der Waals surface area contributed by atoms with Crippen molar-refractivity contribution in [1.29, 1.82) is 0 Å². The summed E-state index contributed by atoms with van der Waals surface area (Å²) in [5, 5.41) is 9.73. The smallest absolute Gasteiger partial charge is 0.307 e. The van der Waals surface area contributed by atoms with Crippen molar-refractivity contribution in [3.8, 4) is 0 Å². The highest BCUT2D eigenvalue weighted by molar-refractivity contribution is 5.81. The van der Waals surface area contributed by atoms with Gasteiger partial charge in [0, 0.05) is 17.5 Å². The molecular weight excluding hydrogens is 278 g/mol. The number of rotatable bonds is 4. The normalized spacial score (nSPS) is 10.7. The Kier molecular flexibility index (Phi) is 3.74. The highest BCUT2D eigenvalue weighted by atomic mass is 16.4. The summed E-state index contributed by atoms with van der Waals surface area (Å²) in [5.41, 5.74) is 3.07. The van der Waals surface area contributed by atoms with Crippen molar-refractivity contribution in [3.05, 3.63) is 81.6 Å². The van der Waals surface area contributed by atoms with Gasteiger partial charge in [-0.05, 0) is 34.7 Å². The number of fused-ring (bicyclic) bond motifs is 1. The lowest BCUT2D eigenvalue weighted by Crippen LogP contribution is -2.12. The fraction of sp³-hybridized carbons (Fsp3) is 0.111. The molecule has 1 heterocycles. The zero-order chi connectivity index (χ0) is 15.5. The van der Waals surface area contributed by atoms with E-state index in [1.54, 1.807) is 12.1 Å². The van der Waals surface area contributed by atoms with E-state index in [9.17, 15) is 9.59 Å². The zero-order valence-electron chi connectivity index (χ0n) is 11.9. The van der Waals surface area contributed by atoms with Gasteiger partial charge in [0.05, 0.1) is 6.42 Å². The Morgan fingerprint density at radius 1 is 1.00 bits per heavy atom. The van der Waals surface area contributed by atoms with Crippen LogP contribution in [0.1, 0.15) is 16.7 Å². The third-order valence-electron chi connectivity index (χ3n) is 3.58. The first-order chi connectivity index (χ1) is 10.6. The predicted molar refractivity (Wildman–Crippen MR) is 85.2 cm³/mol. The second-order valence-corrected chi connectivity index (χ2v) is 5.28. The molecule has 1 aromatic heterocycles. The van der Waals surface area contributed by atoms with Crippen LogP contribution in [-0.2, 0) is 17.6 Å². The quantitative estimate of drug-likeness (QED) is 0.777. The fourth-order valence-electron chi connectivity index (χ4n) is 2.53. The molecule has 0 aliphatic heterocycles. The molecule has 0 spiro atoms. The predicted octanol–water partition coefficient (Wildman–Crippen LogP) is 2.75. The first-order valence-electron chi connectivity index (χ1n) is 7.02. The largest absolute Gasteiger partial charge is 0.481 e. The van der Waals surface area contributed by atoms with E-state index in [0.29, 0.717) is 12.0 Å². The Labute approximate surface area is 127 Å². The topological polar surface area (TPSA) is 70.2 Å². The minimum atomic E-state index is -0.867. The number of hydrogen-bond acceptors (Lipinski definition) is 2. The average molecular weight is 293 g/mol. The number of carbonyl (C=O) groups is 1. The lowest BCUT2D eigenvalue weighted by atomic mass is 10.0. The van der Waals surface area contributed by atoms with Gasteiger partial charge in [-0.25, -0.2) is 0 Å². The van der Waals surface area contributed by atoms with Crippen LogP contribution in [0.25, 0.3) is 10.9 Å². The van der Waals surface area contributed by atoms with Crippen LogP contribution in [0.4, 0.5) is 0 Å². The maximum Gasteiger partial charge on any atom is 0.307 e. The van der Waals surface area contributed by atoms with Crippen LogP contribution in [0.3, 0.4) is 0 Å². The van der Waals surface area contributed by atoms with Crippen LogP contribution in [0.15, 0.2) is 59.4 Å². The first kappa shape index (κ1) is 14.1. The molecule has 22 heavy (non-hydrogen) atoms. The number of carboxylic acids is 1. The molecule has 0 unspecified atom stereocenters. The molecule has 0 aliphatic carbocycles. The Bertz CT molecular complexity index is 882. The summed E-state index contributed by atoms with van der Waals surface area (Å²) in [6, 6.07) is 16.9. The van der Waals surface area contributed by atoms with E-state index in [-0.39, 0.29) is 12.0 Å². The van der Waals surface area contributed by atoms with Crippen LogP contribution in [0.2, 0.25) is 0 Å². The maximum absolute atomic E-state index is 12.2. The monoisotopic (exact) mass is 293 g/mol. The van der Waals surface area contributed by atoms with E-state index in [0.717, 1.165) is 22.0 Å². The fourth-order valence-corrected chi connectivity index (χ4v) is 2.53. The summed E-state index contributed by atoms with van der Waals surface area (Å²) in [4.78, 5) is 25.8. The summed E-state index contributed by atoms with van der Waals surface area (Å²) in [5.74, 6) is -0.867. The molecule has 4 nitrogen and oxygen atoms in total. The molecule has 0 saturated heterocycles. The van der Waals surface area contributed by atoms with Gasteiger partial charge in [0.15, 0.2) is 0 Å². The second-order valence-electron chi connectivity index (χ2n) is 5.28. The van der Waals surface area contributed by atoms with Gasteiger partial charge in [0.1, 0.15) is 0 Å². The van der Waals surface area contributed by atoms with Crippen molar-refractivity contribution in [2.24, 2.45) is 0 Å². The van der Waals surface area contributed by atoms with Crippen molar-refractivity contribution in [1.82, 2.24) is 4.98 Å². The summed E-state index contributed by atoms with van der Waals surface area (Å²) in [6.07, 6.45) is 0.526. The summed E-state index contributed by atoms with van der Waals surface area (Å²) >= 11 is 0. The van der Waals surface area contributed by atoms with E-state index in [1.807, 2.05) is 42.5 Å². The molecule has 2 N–H and O–H groups in total. The van der Waals surface area contributed by atoms with Crippen LogP contribution < -0.4 is 5.56 Å². The SMILES string of the molecule is O=C(O)Cc1ccc2[nH]c(=O)c(Cc3ccccc3)cc2c1. The number of nitrogens with one attached hydrogen (secondary N) is 1. The van der Waals surface area contributed by atoms with E-state index in [4.69, 9.17) is 5.11 Å². The van der Waals surface area contributed by atoms with Crippen molar-refractivity contribution in [3.63, 3.8) is 0 Å².